The van der Waals surface area contributed by atoms with Gasteiger partial charge in [-0.3, -0.25) is 4.79 Å². The first-order chi connectivity index (χ1) is 9.50. The topological polar surface area (TPSA) is 59.3 Å². The van der Waals surface area contributed by atoms with E-state index in [0.717, 1.165) is 25.0 Å². The quantitative estimate of drug-likeness (QED) is 0.859. The average molecular weight is 275 g/mol. The van der Waals surface area contributed by atoms with Crippen molar-refractivity contribution in [2.45, 2.75) is 52.5 Å². The molecule has 0 amide bonds. The van der Waals surface area contributed by atoms with E-state index < -0.39 is 5.97 Å². The Labute approximate surface area is 118 Å². The maximum Gasteiger partial charge on any atom is 0.341 e. The fourth-order valence-electron chi connectivity index (χ4n) is 2.85. The van der Waals surface area contributed by atoms with Gasteiger partial charge in [-0.2, -0.15) is 0 Å². The van der Waals surface area contributed by atoms with Gasteiger partial charge in [-0.05, 0) is 57.6 Å². The minimum Gasteiger partial charge on any atom is -0.477 e. The highest BCUT2D eigenvalue weighted by Crippen LogP contribution is 2.20. The van der Waals surface area contributed by atoms with Gasteiger partial charge < -0.3 is 9.67 Å². The lowest BCUT2D eigenvalue weighted by atomic mass is 9.97. The number of hydrogen-bond acceptors (Lipinski definition) is 2. The number of carboxylic acid groups (broad SMARTS) is 1. The molecule has 0 fully saturated rings. The SMILES string of the molecule is Cc1cc(C)n(CCC2=CCCCC2)c(=O)c1C(=O)O. The van der Waals surface area contributed by atoms with Gasteiger partial charge in [0.15, 0.2) is 0 Å². The molecule has 4 heteroatoms. The van der Waals surface area contributed by atoms with E-state index in [1.165, 1.54) is 18.4 Å². The van der Waals surface area contributed by atoms with Gasteiger partial charge in [0.05, 0.1) is 0 Å². The molecule has 0 saturated carbocycles. The summed E-state index contributed by atoms with van der Waals surface area (Å²) < 4.78 is 1.59. The number of hydrogen-bond donors (Lipinski definition) is 1. The summed E-state index contributed by atoms with van der Waals surface area (Å²) in [6.07, 6.45) is 7.78. The number of aromatic carboxylic acids is 1. The number of nitrogens with zero attached hydrogens (tertiary/aromatic N) is 1. The fraction of sp³-hybridized carbons (Fsp3) is 0.500. The number of carbonyl (C=O) groups is 1. The molecule has 0 unspecified atom stereocenters. The molecule has 1 aliphatic carbocycles. The molecule has 0 aromatic carbocycles. The standard InChI is InChI=1S/C16H21NO3/c1-11-10-12(2)17(15(18)14(11)16(19)20)9-8-13-6-4-3-5-7-13/h6,10H,3-5,7-9H2,1-2H3,(H,19,20). The van der Waals surface area contributed by atoms with E-state index in [4.69, 9.17) is 5.11 Å². The van der Waals surface area contributed by atoms with Crippen molar-refractivity contribution >= 4 is 5.97 Å². The third kappa shape index (κ3) is 3.00. The normalized spacial score (nSPS) is 15.0. The molecule has 20 heavy (non-hydrogen) atoms. The van der Waals surface area contributed by atoms with Crippen molar-refractivity contribution in [2.75, 3.05) is 0 Å². The number of allylic oxidation sites excluding steroid dienone is 2. The third-order valence-corrected chi connectivity index (χ3v) is 3.96. The predicted molar refractivity (Wildman–Crippen MR) is 78.3 cm³/mol. The lowest BCUT2D eigenvalue weighted by Gasteiger charge is -2.16. The first kappa shape index (κ1) is 14.6. The summed E-state index contributed by atoms with van der Waals surface area (Å²) in [4.78, 5) is 23.5. The molecule has 0 spiro atoms. The molecule has 0 saturated heterocycles. The van der Waals surface area contributed by atoms with Crippen LogP contribution < -0.4 is 5.56 Å². The van der Waals surface area contributed by atoms with Gasteiger partial charge in [-0.1, -0.05) is 11.6 Å². The van der Waals surface area contributed by atoms with Crippen LogP contribution in [-0.2, 0) is 6.54 Å². The zero-order chi connectivity index (χ0) is 14.7. The van der Waals surface area contributed by atoms with Gasteiger partial charge in [0.25, 0.3) is 5.56 Å². The van der Waals surface area contributed by atoms with Crippen LogP contribution in [0.5, 0.6) is 0 Å². The summed E-state index contributed by atoms with van der Waals surface area (Å²) in [5, 5.41) is 9.15. The summed E-state index contributed by atoms with van der Waals surface area (Å²) in [6.45, 7) is 4.10. The number of aromatic nitrogens is 1. The van der Waals surface area contributed by atoms with Crippen LogP contribution in [0.25, 0.3) is 0 Å². The van der Waals surface area contributed by atoms with Crippen LogP contribution in [0, 0.1) is 13.8 Å². The Kier molecular flexibility index (Phi) is 4.42. The number of carboxylic acids is 1. The van der Waals surface area contributed by atoms with Crippen LogP contribution in [0.1, 0.15) is 53.7 Å². The summed E-state index contributed by atoms with van der Waals surface area (Å²) in [5.41, 5.74) is 2.27. The zero-order valence-electron chi connectivity index (χ0n) is 12.1. The first-order valence-electron chi connectivity index (χ1n) is 7.13. The molecule has 2 rings (SSSR count). The van der Waals surface area contributed by atoms with Crippen molar-refractivity contribution in [1.82, 2.24) is 4.57 Å². The maximum atomic E-state index is 12.3. The summed E-state index contributed by atoms with van der Waals surface area (Å²) >= 11 is 0. The first-order valence-corrected chi connectivity index (χ1v) is 7.13. The van der Waals surface area contributed by atoms with Crippen LogP contribution in [0.4, 0.5) is 0 Å². The Balaban J connectivity index is 2.27. The van der Waals surface area contributed by atoms with Gasteiger partial charge in [0.1, 0.15) is 5.56 Å². The Morgan fingerprint density at radius 2 is 2.10 bits per heavy atom. The molecule has 4 nitrogen and oxygen atoms in total. The molecular formula is C16H21NO3. The second kappa shape index (κ2) is 6.07. The summed E-state index contributed by atoms with van der Waals surface area (Å²) in [6, 6.07) is 1.78. The average Bonchev–Trinajstić information content (AvgIpc) is 2.38. The fourth-order valence-corrected chi connectivity index (χ4v) is 2.85. The molecule has 0 radical (unpaired) electrons. The summed E-state index contributed by atoms with van der Waals surface area (Å²) in [5.74, 6) is -1.14. The van der Waals surface area contributed by atoms with Crippen LogP contribution in [0.3, 0.4) is 0 Å². The van der Waals surface area contributed by atoms with E-state index in [1.807, 2.05) is 6.92 Å². The minimum absolute atomic E-state index is 0.103. The number of pyridine rings is 1. The van der Waals surface area contributed by atoms with Crippen molar-refractivity contribution < 1.29 is 9.90 Å². The Morgan fingerprint density at radius 3 is 2.70 bits per heavy atom. The van der Waals surface area contributed by atoms with E-state index in [1.54, 1.807) is 17.6 Å². The predicted octanol–water partition coefficient (Wildman–Crippen LogP) is 3.05. The molecule has 0 atom stereocenters. The second-order valence-electron chi connectivity index (χ2n) is 5.46. The largest absolute Gasteiger partial charge is 0.477 e. The molecule has 0 aliphatic heterocycles. The molecule has 1 aromatic rings. The zero-order valence-corrected chi connectivity index (χ0v) is 12.1. The number of aryl methyl sites for hydroxylation is 2. The van der Waals surface area contributed by atoms with Gasteiger partial charge in [-0.15, -0.1) is 0 Å². The summed E-state index contributed by atoms with van der Waals surface area (Å²) in [7, 11) is 0. The van der Waals surface area contributed by atoms with E-state index >= 15 is 0 Å². The van der Waals surface area contributed by atoms with E-state index in [-0.39, 0.29) is 11.1 Å². The molecule has 0 bridgehead atoms. The van der Waals surface area contributed by atoms with Gasteiger partial charge >= 0.3 is 5.97 Å². The highest BCUT2D eigenvalue weighted by Gasteiger charge is 2.16. The molecule has 1 heterocycles. The van der Waals surface area contributed by atoms with Crippen LogP contribution in [0.15, 0.2) is 22.5 Å². The Bertz CT molecular complexity index is 611. The van der Waals surface area contributed by atoms with Crippen molar-refractivity contribution in [2.24, 2.45) is 0 Å². The van der Waals surface area contributed by atoms with Gasteiger partial charge in [-0.25, -0.2) is 4.79 Å². The minimum atomic E-state index is -1.14. The highest BCUT2D eigenvalue weighted by atomic mass is 16.4. The Hall–Kier alpha value is -1.84. The molecule has 1 aliphatic rings. The van der Waals surface area contributed by atoms with Crippen LogP contribution in [0.2, 0.25) is 0 Å². The molecule has 108 valence electrons. The highest BCUT2D eigenvalue weighted by molar-refractivity contribution is 5.88. The maximum absolute atomic E-state index is 12.3. The van der Waals surface area contributed by atoms with E-state index in [0.29, 0.717) is 12.1 Å². The van der Waals surface area contributed by atoms with Crippen LogP contribution in [-0.4, -0.2) is 15.6 Å². The third-order valence-electron chi connectivity index (χ3n) is 3.96. The smallest absolute Gasteiger partial charge is 0.341 e. The molecule has 1 aromatic heterocycles. The van der Waals surface area contributed by atoms with Gasteiger partial charge in [0, 0.05) is 12.2 Å². The monoisotopic (exact) mass is 275 g/mol. The van der Waals surface area contributed by atoms with Crippen LogP contribution >= 0.6 is 0 Å². The Morgan fingerprint density at radius 1 is 1.35 bits per heavy atom. The molecular weight excluding hydrogens is 254 g/mol. The van der Waals surface area contributed by atoms with Gasteiger partial charge in [0.2, 0.25) is 0 Å². The van der Waals surface area contributed by atoms with Crippen molar-refractivity contribution in [3.8, 4) is 0 Å². The number of rotatable bonds is 4. The lowest BCUT2D eigenvalue weighted by Crippen LogP contribution is -2.29. The van der Waals surface area contributed by atoms with Crippen molar-refractivity contribution in [3.63, 3.8) is 0 Å². The second-order valence-corrected chi connectivity index (χ2v) is 5.46. The lowest BCUT2D eigenvalue weighted by molar-refractivity contribution is 0.0693. The van der Waals surface area contributed by atoms with Crippen molar-refractivity contribution in [1.29, 1.82) is 0 Å². The van der Waals surface area contributed by atoms with Crippen molar-refractivity contribution in [3.05, 3.63) is 44.9 Å². The van der Waals surface area contributed by atoms with E-state index in [2.05, 4.69) is 6.08 Å². The molecule has 1 N–H and O–H groups in total. The van der Waals surface area contributed by atoms with E-state index in [9.17, 15) is 9.59 Å².